The number of hydrogen-bond donors (Lipinski definition) is 1. The summed E-state index contributed by atoms with van der Waals surface area (Å²) in [5.74, 6) is -0.208. The second-order valence-electron chi connectivity index (χ2n) is 7.05. The second kappa shape index (κ2) is 8.90. The van der Waals surface area contributed by atoms with E-state index in [0.717, 1.165) is 43.7 Å². The van der Waals surface area contributed by atoms with Crippen LogP contribution < -0.4 is 5.32 Å². The van der Waals surface area contributed by atoms with Gasteiger partial charge in [0.25, 0.3) is 0 Å². The zero-order chi connectivity index (χ0) is 19.2. The van der Waals surface area contributed by atoms with Gasteiger partial charge in [-0.15, -0.1) is 0 Å². The molecule has 0 aliphatic carbocycles. The molecular weight excluding hydrogens is 345 g/mol. The lowest BCUT2D eigenvalue weighted by molar-refractivity contribution is 0.166. The summed E-state index contributed by atoms with van der Waals surface area (Å²) in [6.45, 7) is 4.58. The maximum absolute atomic E-state index is 13.0. The van der Waals surface area contributed by atoms with Crippen LogP contribution in [0.4, 0.5) is 9.18 Å². The average Bonchev–Trinajstić information content (AvgIpc) is 2.70. The Labute approximate surface area is 159 Å². The Morgan fingerprint density at radius 2 is 2.00 bits per heavy atom. The predicted octanol–water partition coefficient (Wildman–Crippen LogP) is 2.98. The van der Waals surface area contributed by atoms with E-state index in [1.807, 2.05) is 25.1 Å². The molecule has 1 aliphatic rings. The van der Waals surface area contributed by atoms with Crippen molar-refractivity contribution in [3.05, 3.63) is 59.9 Å². The number of halogens is 1. The van der Waals surface area contributed by atoms with E-state index in [4.69, 9.17) is 0 Å². The van der Waals surface area contributed by atoms with E-state index in [0.29, 0.717) is 0 Å². The van der Waals surface area contributed by atoms with Crippen LogP contribution in [-0.4, -0.2) is 52.0 Å². The lowest BCUT2D eigenvalue weighted by Gasteiger charge is -2.34. The first-order valence-electron chi connectivity index (χ1n) is 9.29. The van der Waals surface area contributed by atoms with Gasteiger partial charge in [-0.1, -0.05) is 12.1 Å². The standard InChI is InChI=1S/C20H26FN5O/c1-15(19-7-10-22-14-23-19)25(2)20(27)24-18-8-11-26(12-9-18)13-16-3-5-17(21)6-4-16/h3-7,10,14-15,18H,8-9,11-13H2,1-2H3,(H,24,27). The average molecular weight is 371 g/mol. The molecule has 1 aromatic heterocycles. The Balaban J connectivity index is 1.45. The van der Waals surface area contributed by atoms with Crippen LogP contribution in [-0.2, 0) is 6.54 Å². The molecule has 27 heavy (non-hydrogen) atoms. The zero-order valence-corrected chi connectivity index (χ0v) is 15.8. The molecule has 1 fully saturated rings. The SMILES string of the molecule is CC(c1ccncn1)N(C)C(=O)NC1CCN(Cc2ccc(F)cc2)CC1. The highest BCUT2D eigenvalue weighted by molar-refractivity contribution is 5.74. The van der Waals surface area contributed by atoms with Crippen molar-refractivity contribution < 1.29 is 9.18 Å². The van der Waals surface area contributed by atoms with Gasteiger partial charge in [0.15, 0.2) is 0 Å². The fraction of sp³-hybridized carbons (Fsp3) is 0.450. The van der Waals surface area contributed by atoms with Crippen molar-refractivity contribution in [2.75, 3.05) is 20.1 Å². The zero-order valence-electron chi connectivity index (χ0n) is 15.8. The summed E-state index contributed by atoms with van der Waals surface area (Å²) in [5, 5.41) is 3.13. The summed E-state index contributed by atoms with van der Waals surface area (Å²) in [4.78, 5) is 24.7. The van der Waals surface area contributed by atoms with Crippen LogP contribution in [0.1, 0.15) is 37.1 Å². The largest absolute Gasteiger partial charge is 0.335 e. The number of hydrogen-bond acceptors (Lipinski definition) is 4. The van der Waals surface area contributed by atoms with Gasteiger partial charge in [-0.25, -0.2) is 19.2 Å². The molecule has 1 atom stereocenters. The molecule has 1 N–H and O–H groups in total. The van der Waals surface area contributed by atoms with Crippen molar-refractivity contribution in [3.63, 3.8) is 0 Å². The first-order chi connectivity index (χ1) is 13.0. The van der Waals surface area contributed by atoms with Crippen LogP contribution in [0.5, 0.6) is 0 Å². The number of amides is 2. The number of urea groups is 1. The van der Waals surface area contributed by atoms with Crippen LogP contribution in [0.15, 0.2) is 42.9 Å². The van der Waals surface area contributed by atoms with Crippen molar-refractivity contribution in [1.29, 1.82) is 0 Å². The number of likely N-dealkylation sites (tertiary alicyclic amines) is 1. The maximum atomic E-state index is 13.0. The molecule has 0 bridgehead atoms. The normalized spacial score (nSPS) is 16.7. The van der Waals surface area contributed by atoms with E-state index < -0.39 is 0 Å². The van der Waals surface area contributed by atoms with Crippen LogP contribution in [0.25, 0.3) is 0 Å². The lowest BCUT2D eigenvalue weighted by atomic mass is 10.0. The van der Waals surface area contributed by atoms with Crippen LogP contribution >= 0.6 is 0 Å². The van der Waals surface area contributed by atoms with E-state index in [1.54, 1.807) is 18.1 Å². The number of piperidine rings is 1. The number of carbonyl (C=O) groups is 1. The smallest absolute Gasteiger partial charge is 0.317 e. The third-order valence-corrected chi connectivity index (χ3v) is 5.17. The lowest BCUT2D eigenvalue weighted by Crippen LogP contribution is -2.48. The molecule has 1 saturated heterocycles. The molecule has 2 heterocycles. The highest BCUT2D eigenvalue weighted by Gasteiger charge is 2.24. The number of benzene rings is 1. The van der Waals surface area contributed by atoms with Crippen LogP contribution in [0.3, 0.4) is 0 Å². The van der Waals surface area contributed by atoms with Crippen LogP contribution in [0, 0.1) is 5.82 Å². The molecule has 0 spiro atoms. The highest BCUT2D eigenvalue weighted by atomic mass is 19.1. The Kier molecular flexibility index (Phi) is 6.34. The maximum Gasteiger partial charge on any atom is 0.317 e. The van der Waals surface area contributed by atoms with Gasteiger partial charge >= 0.3 is 6.03 Å². The Morgan fingerprint density at radius 1 is 1.30 bits per heavy atom. The quantitative estimate of drug-likeness (QED) is 0.878. The van der Waals surface area contributed by atoms with Crippen LogP contribution in [0.2, 0.25) is 0 Å². The summed E-state index contributed by atoms with van der Waals surface area (Å²) >= 11 is 0. The third kappa shape index (κ3) is 5.23. The summed E-state index contributed by atoms with van der Waals surface area (Å²) < 4.78 is 13.0. The van der Waals surface area contributed by atoms with Crippen molar-refractivity contribution >= 4 is 6.03 Å². The number of nitrogens with one attached hydrogen (secondary N) is 1. The molecule has 3 rings (SSSR count). The van der Waals surface area contributed by atoms with Gasteiger partial charge in [-0.3, -0.25) is 4.90 Å². The summed E-state index contributed by atoms with van der Waals surface area (Å²) in [6, 6.07) is 8.43. The highest BCUT2D eigenvalue weighted by Crippen LogP contribution is 2.18. The molecule has 2 aromatic rings. The van der Waals surface area contributed by atoms with Gasteiger partial charge < -0.3 is 10.2 Å². The monoisotopic (exact) mass is 371 g/mol. The predicted molar refractivity (Wildman–Crippen MR) is 101 cm³/mol. The van der Waals surface area contributed by atoms with Gasteiger partial charge in [-0.2, -0.15) is 0 Å². The Morgan fingerprint density at radius 3 is 2.63 bits per heavy atom. The third-order valence-electron chi connectivity index (χ3n) is 5.17. The molecule has 1 unspecified atom stereocenters. The Bertz CT molecular complexity index is 732. The minimum atomic E-state index is -0.208. The van der Waals surface area contributed by atoms with E-state index in [-0.39, 0.29) is 23.9 Å². The first kappa shape index (κ1) is 19.2. The van der Waals surface area contributed by atoms with E-state index in [9.17, 15) is 9.18 Å². The van der Waals surface area contributed by atoms with Gasteiger partial charge in [0.1, 0.15) is 12.1 Å². The molecule has 144 valence electrons. The summed E-state index contributed by atoms with van der Waals surface area (Å²) in [7, 11) is 1.78. The van der Waals surface area contributed by atoms with Gasteiger partial charge in [0.2, 0.25) is 0 Å². The van der Waals surface area contributed by atoms with Gasteiger partial charge in [0, 0.05) is 38.9 Å². The number of nitrogens with zero attached hydrogens (tertiary/aromatic N) is 4. The van der Waals surface area contributed by atoms with E-state index >= 15 is 0 Å². The molecule has 7 heteroatoms. The molecule has 2 amide bonds. The van der Waals surface area contributed by atoms with Crippen molar-refractivity contribution in [2.45, 2.75) is 38.4 Å². The Hall–Kier alpha value is -2.54. The summed E-state index contributed by atoms with van der Waals surface area (Å²) in [5.41, 5.74) is 1.93. The number of rotatable bonds is 5. The first-order valence-corrected chi connectivity index (χ1v) is 9.29. The molecule has 6 nitrogen and oxygen atoms in total. The second-order valence-corrected chi connectivity index (χ2v) is 7.05. The minimum Gasteiger partial charge on any atom is -0.335 e. The van der Waals surface area contributed by atoms with E-state index in [1.165, 1.54) is 18.5 Å². The topological polar surface area (TPSA) is 61.4 Å². The fourth-order valence-electron chi connectivity index (χ4n) is 3.28. The number of aromatic nitrogens is 2. The molecule has 0 saturated carbocycles. The van der Waals surface area contributed by atoms with E-state index in [2.05, 4.69) is 20.2 Å². The van der Waals surface area contributed by atoms with Crippen molar-refractivity contribution in [1.82, 2.24) is 25.1 Å². The number of carbonyl (C=O) groups excluding carboxylic acids is 1. The summed E-state index contributed by atoms with van der Waals surface area (Å²) in [6.07, 6.45) is 4.99. The minimum absolute atomic E-state index is 0.0851. The van der Waals surface area contributed by atoms with Gasteiger partial charge in [-0.05, 0) is 43.5 Å². The molecule has 0 radical (unpaired) electrons. The molecular formula is C20H26FN5O. The fourth-order valence-corrected chi connectivity index (χ4v) is 3.28. The molecule has 1 aliphatic heterocycles. The van der Waals surface area contributed by atoms with Crippen molar-refractivity contribution in [3.8, 4) is 0 Å². The molecule has 1 aromatic carbocycles. The van der Waals surface area contributed by atoms with Crippen molar-refractivity contribution in [2.24, 2.45) is 0 Å². The van der Waals surface area contributed by atoms with Gasteiger partial charge in [0.05, 0.1) is 11.7 Å².